The average Bonchev–Trinajstić information content (AvgIpc) is 2.32. The number of Topliss-reactive ketones (excluding diaryl/α,β-unsaturated/α-hetero) is 2. The van der Waals surface area contributed by atoms with E-state index in [-0.39, 0.29) is 31.6 Å². The molecule has 0 spiro atoms. The number of hydrogen-bond donors (Lipinski definition) is 0. The van der Waals surface area contributed by atoms with Crippen LogP contribution < -0.4 is 4.74 Å². The van der Waals surface area contributed by atoms with E-state index < -0.39 is 11.8 Å². The van der Waals surface area contributed by atoms with Gasteiger partial charge >= 0.3 is 5.97 Å². The smallest absolute Gasteiger partial charge is 0.308 e. The van der Waals surface area contributed by atoms with Gasteiger partial charge < -0.3 is 4.74 Å². The highest BCUT2D eigenvalue weighted by atomic mass is 79.9. The van der Waals surface area contributed by atoms with Crippen LogP contribution in [0.2, 0.25) is 0 Å². The van der Waals surface area contributed by atoms with Gasteiger partial charge in [0.1, 0.15) is 5.75 Å². The number of allylic oxidation sites excluding steroid dienone is 2. The van der Waals surface area contributed by atoms with Crippen molar-refractivity contribution in [2.24, 2.45) is 0 Å². The molecular formula is C12H6Br2O4. The van der Waals surface area contributed by atoms with Crippen LogP contribution >= 0.6 is 31.9 Å². The van der Waals surface area contributed by atoms with E-state index >= 15 is 0 Å². The Kier molecular flexibility index (Phi) is 3.49. The number of carbonyl (C=O) groups excluding carboxylic acids is 3. The fraction of sp³-hybridized carbons (Fsp3) is 0.0833. The highest BCUT2D eigenvalue weighted by molar-refractivity contribution is 9.14. The van der Waals surface area contributed by atoms with Crippen molar-refractivity contribution < 1.29 is 19.1 Å². The maximum atomic E-state index is 12.1. The first-order chi connectivity index (χ1) is 8.43. The standard InChI is InChI=1S/C12H6Br2O4/c1-5(15)18-7-4-2-3-6-8(7)12(17)10(14)9(13)11(6)16/h2-4H,1H3. The molecule has 0 atom stereocenters. The van der Waals surface area contributed by atoms with Crippen LogP contribution in [-0.4, -0.2) is 17.5 Å². The summed E-state index contributed by atoms with van der Waals surface area (Å²) < 4.78 is 5.24. The number of halogens is 2. The summed E-state index contributed by atoms with van der Waals surface area (Å²) in [5, 5.41) is 0. The van der Waals surface area contributed by atoms with Gasteiger partial charge in [-0.3, -0.25) is 14.4 Å². The van der Waals surface area contributed by atoms with Crippen LogP contribution in [0.4, 0.5) is 0 Å². The first kappa shape index (κ1) is 13.2. The second-order valence-corrected chi connectivity index (χ2v) is 5.14. The van der Waals surface area contributed by atoms with Crippen molar-refractivity contribution in [1.29, 1.82) is 0 Å². The first-order valence-electron chi connectivity index (χ1n) is 4.89. The summed E-state index contributed by atoms with van der Waals surface area (Å²) in [6.07, 6.45) is 0. The molecule has 1 aromatic rings. The fourth-order valence-electron chi connectivity index (χ4n) is 1.62. The summed E-state index contributed by atoms with van der Waals surface area (Å²) in [7, 11) is 0. The van der Waals surface area contributed by atoms with E-state index in [0.29, 0.717) is 0 Å². The normalized spacial score (nSPS) is 14.6. The van der Waals surface area contributed by atoms with Crippen molar-refractivity contribution in [1.82, 2.24) is 0 Å². The van der Waals surface area contributed by atoms with E-state index in [1.807, 2.05) is 0 Å². The quantitative estimate of drug-likeness (QED) is 0.560. The Labute approximate surface area is 119 Å². The lowest BCUT2D eigenvalue weighted by molar-refractivity contribution is -0.131. The molecule has 0 aliphatic heterocycles. The highest BCUT2D eigenvalue weighted by Gasteiger charge is 2.32. The molecule has 0 amide bonds. The van der Waals surface area contributed by atoms with Crippen LogP contribution in [0, 0.1) is 0 Å². The predicted molar refractivity (Wildman–Crippen MR) is 71.3 cm³/mol. The zero-order valence-corrected chi connectivity index (χ0v) is 12.3. The van der Waals surface area contributed by atoms with Gasteiger partial charge in [0.25, 0.3) is 0 Å². The number of hydrogen-bond acceptors (Lipinski definition) is 4. The van der Waals surface area contributed by atoms with Crippen molar-refractivity contribution in [3.8, 4) is 5.75 Å². The molecule has 0 heterocycles. The molecule has 1 aliphatic rings. The van der Waals surface area contributed by atoms with Gasteiger partial charge in [-0.15, -0.1) is 0 Å². The van der Waals surface area contributed by atoms with E-state index in [4.69, 9.17) is 4.74 Å². The zero-order valence-electron chi connectivity index (χ0n) is 9.12. The van der Waals surface area contributed by atoms with Gasteiger partial charge in [0.2, 0.25) is 11.6 Å². The molecule has 0 N–H and O–H groups in total. The van der Waals surface area contributed by atoms with Crippen molar-refractivity contribution in [3.05, 3.63) is 38.3 Å². The van der Waals surface area contributed by atoms with Crippen LogP contribution in [-0.2, 0) is 4.79 Å². The second kappa shape index (κ2) is 4.78. The van der Waals surface area contributed by atoms with E-state index in [9.17, 15) is 14.4 Å². The molecule has 0 aromatic heterocycles. The van der Waals surface area contributed by atoms with Gasteiger partial charge in [-0.2, -0.15) is 0 Å². The minimum absolute atomic E-state index is 0.0929. The first-order valence-corrected chi connectivity index (χ1v) is 6.48. The lowest BCUT2D eigenvalue weighted by Gasteiger charge is -2.17. The van der Waals surface area contributed by atoms with Gasteiger partial charge in [0.05, 0.1) is 14.5 Å². The summed E-state index contributed by atoms with van der Waals surface area (Å²) in [5.74, 6) is -1.18. The van der Waals surface area contributed by atoms with Crippen molar-refractivity contribution in [3.63, 3.8) is 0 Å². The lowest BCUT2D eigenvalue weighted by Crippen LogP contribution is -2.19. The van der Waals surface area contributed by atoms with E-state index in [1.54, 1.807) is 6.07 Å². The van der Waals surface area contributed by atoms with Crippen LogP contribution in [0.5, 0.6) is 5.75 Å². The van der Waals surface area contributed by atoms with Gasteiger partial charge in [-0.1, -0.05) is 6.07 Å². The maximum absolute atomic E-state index is 12.1. The average molecular weight is 374 g/mol. The molecule has 0 bridgehead atoms. The molecule has 18 heavy (non-hydrogen) atoms. The molecule has 0 fully saturated rings. The molecular weight excluding hydrogens is 368 g/mol. The third kappa shape index (κ3) is 2.06. The van der Waals surface area contributed by atoms with E-state index in [2.05, 4.69) is 31.9 Å². The number of ether oxygens (including phenoxy) is 1. The molecule has 4 nitrogen and oxygen atoms in total. The zero-order chi connectivity index (χ0) is 13.4. The monoisotopic (exact) mass is 372 g/mol. The third-order valence-electron chi connectivity index (χ3n) is 2.34. The molecule has 1 aromatic carbocycles. The predicted octanol–water partition coefficient (Wildman–Crippen LogP) is 2.99. The topological polar surface area (TPSA) is 60.4 Å². The maximum Gasteiger partial charge on any atom is 0.308 e. The van der Waals surface area contributed by atoms with Crippen molar-refractivity contribution in [2.75, 3.05) is 0 Å². The fourth-order valence-corrected chi connectivity index (χ4v) is 2.39. The SMILES string of the molecule is CC(=O)Oc1cccc2c1C(=O)C(Br)=C(Br)C2=O. The number of esters is 1. The largest absolute Gasteiger partial charge is 0.426 e. The minimum Gasteiger partial charge on any atom is -0.426 e. The van der Waals surface area contributed by atoms with E-state index in [0.717, 1.165) is 0 Å². The molecule has 0 radical (unpaired) electrons. The Morgan fingerprint density at radius 3 is 2.33 bits per heavy atom. The number of benzene rings is 1. The van der Waals surface area contributed by atoms with Gasteiger partial charge in [-0.05, 0) is 44.0 Å². The summed E-state index contributed by atoms with van der Waals surface area (Å²) in [4.78, 5) is 35.1. The van der Waals surface area contributed by atoms with Crippen LogP contribution in [0.1, 0.15) is 27.6 Å². The molecule has 1 aliphatic carbocycles. The third-order valence-corrected chi connectivity index (χ3v) is 4.39. The second-order valence-electron chi connectivity index (χ2n) is 3.56. The minimum atomic E-state index is -0.548. The van der Waals surface area contributed by atoms with Crippen LogP contribution in [0.15, 0.2) is 27.2 Å². The Hall–Kier alpha value is -1.27. The molecule has 0 saturated carbocycles. The molecule has 2 rings (SSSR count). The number of carbonyl (C=O) groups is 3. The van der Waals surface area contributed by atoms with Crippen molar-refractivity contribution in [2.45, 2.75) is 6.92 Å². The molecule has 0 unspecified atom stereocenters. The summed E-state index contributed by atoms with van der Waals surface area (Å²) in [6, 6.07) is 4.55. The molecule has 6 heteroatoms. The summed E-state index contributed by atoms with van der Waals surface area (Å²) in [6.45, 7) is 1.23. The van der Waals surface area contributed by atoms with Crippen molar-refractivity contribution >= 4 is 49.4 Å². The number of fused-ring (bicyclic) bond motifs is 1. The number of ketones is 2. The Morgan fingerprint density at radius 2 is 1.72 bits per heavy atom. The van der Waals surface area contributed by atoms with Gasteiger partial charge in [0, 0.05) is 12.5 Å². The Balaban J connectivity index is 2.67. The van der Waals surface area contributed by atoms with Crippen LogP contribution in [0.3, 0.4) is 0 Å². The molecule has 92 valence electrons. The number of rotatable bonds is 1. The lowest BCUT2D eigenvalue weighted by atomic mass is 9.94. The van der Waals surface area contributed by atoms with E-state index in [1.165, 1.54) is 19.1 Å². The van der Waals surface area contributed by atoms with Crippen LogP contribution in [0.25, 0.3) is 0 Å². The molecule has 0 saturated heterocycles. The van der Waals surface area contributed by atoms with Gasteiger partial charge in [-0.25, -0.2) is 0 Å². The highest BCUT2D eigenvalue weighted by Crippen LogP contribution is 2.36. The Morgan fingerprint density at radius 1 is 1.11 bits per heavy atom. The Bertz CT molecular complexity index is 617. The van der Waals surface area contributed by atoms with Gasteiger partial charge in [0.15, 0.2) is 0 Å². The summed E-state index contributed by atoms with van der Waals surface area (Å²) >= 11 is 6.11. The summed E-state index contributed by atoms with van der Waals surface area (Å²) in [5.41, 5.74) is 0.321.